The lowest BCUT2D eigenvalue weighted by Crippen LogP contribution is -2.20. The van der Waals surface area contributed by atoms with Crippen LogP contribution in [0.25, 0.3) is 0 Å². The van der Waals surface area contributed by atoms with Crippen molar-refractivity contribution in [2.45, 2.75) is 0 Å². The molecule has 0 atom stereocenters. The maximum Gasteiger partial charge on any atom is 0.259 e. The van der Waals surface area contributed by atoms with Gasteiger partial charge in [0.2, 0.25) is 0 Å². The number of hydrogen-bond donors (Lipinski definition) is 3. The summed E-state index contributed by atoms with van der Waals surface area (Å²) in [5.74, 6) is -0.157. The van der Waals surface area contributed by atoms with Crippen LogP contribution in [0.4, 0.5) is 5.69 Å². The normalized spacial score (nSPS) is 14.3. The molecule has 0 aromatic heterocycles. The van der Waals surface area contributed by atoms with Crippen molar-refractivity contribution < 1.29 is 4.79 Å². The van der Waals surface area contributed by atoms with Crippen LogP contribution in [0.5, 0.6) is 0 Å². The van der Waals surface area contributed by atoms with E-state index in [9.17, 15) is 4.79 Å². The van der Waals surface area contributed by atoms with Gasteiger partial charge in [-0.1, -0.05) is 12.1 Å². The summed E-state index contributed by atoms with van der Waals surface area (Å²) in [5.41, 5.74) is 6.99. The minimum Gasteiger partial charge on any atom is -0.398 e. The van der Waals surface area contributed by atoms with Crippen LogP contribution in [0, 0.1) is 5.41 Å². The molecule has 0 saturated heterocycles. The number of fused-ring (bicyclic) bond motifs is 1. The van der Waals surface area contributed by atoms with Gasteiger partial charge in [0.15, 0.2) is 0 Å². The van der Waals surface area contributed by atoms with Crippen LogP contribution >= 0.6 is 0 Å². The lowest BCUT2D eigenvalue weighted by Gasteiger charge is -1.97. The molecule has 60 valence electrons. The zero-order valence-electron chi connectivity index (χ0n) is 6.22. The maximum atomic E-state index is 11.2. The first-order chi connectivity index (χ1) is 5.70. The monoisotopic (exact) mass is 161 g/mol. The Bertz CT molecular complexity index is 384. The standard InChI is InChI=1S/C8H7N3O/c9-5-3-1-2-4-6(5)8(12)11-7(4)10/h1-3H,9H2,(H2,10,11,12). The fourth-order valence-corrected chi connectivity index (χ4v) is 1.28. The van der Waals surface area contributed by atoms with Crippen molar-refractivity contribution in [3.05, 3.63) is 29.3 Å². The Morgan fingerprint density at radius 1 is 1.42 bits per heavy atom. The number of nitrogen functional groups attached to an aromatic ring is 1. The highest BCUT2D eigenvalue weighted by Gasteiger charge is 2.25. The lowest BCUT2D eigenvalue weighted by atomic mass is 10.1. The Balaban J connectivity index is 2.75. The van der Waals surface area contributed by atoms with E-state index in [0.29, 0.717) is 16.8 Å². The first-order valence-corrected chi connectivity index (χ1v) is 3.49. The van der Waals surface area contributed by atoms with E-state index >= 15 is 0 Å². The summed E-state index contributed by atoms with van der Waals surface area (Å²) in [6, 6.07) is 5.08. The Kier molecular flexibility index (Phi) is 1.18. The Hall–Kier alpha value is -1.84. The average molecular weight is 161 g/mol. The molecule has 12 heavy (non-hydrogen) atoms. The molecule has 0 radical (unpaired) electrons. The minimum absolute atomic E-state index is 0.127. The van der Waals surface area contributed by atoms with Gasteiger partial charge in [0.05, 0.1) is 5.56 Å². The van der Waals surface area contributed by atoms with Gasteiger partial charge in [-0.05, 0) is 6.07 Å². The summed E-state index contributed by atoms with van der Waals surface area (Å²) in [6.07, 6.45) is 0. The second-order valence-corrected chi connectivity index (χ2v) is 2.60. The van der Waals surface area contributed by atoms with Gasteiger partial charge in [0.1, 0.15) is 5.84 Å². The zero-order valence-corrected chi connectivity index (χ0v) is 6.22. The summed E-state index contributed by atoms with van der Waals surface area (Å²) in [4.78, 5) is 11.2. The van der Waals surface area contributed by atoms with E-state index in [1.165, 1.54) is 0 Å². The number of anilines is 1. The topological polar surface area (TPSA) is 79.0 Å². The smallest absolute Gasteiger partial charge is 0.259 e. The third-order valence-electron chi connectivity index (χ3n) is 1.83. The fourth-order valence-electron chi connectivity index (χ4n) is 1.28. The number of carbonyl (C=O) groups excluding carboxylic acids is 1. The highest BCUT2D eigenvalue weighted by atomic mass is 16.2. The molecule has 0 fully saturated rings. The van der Waals surface area contributed by atoms with Crippen molar-refractivity contribution in [3.8, 4) is 0 Å². The van der Waals surface area contributed by atoms with Crippen molar-refractivity contribution in [3.63, 3.8) is 0 Å². The van der Waals surface area contributed by atoms with Crippen LogP contribution in [-0.4, -0.2) is 11.7 Å². The molecule has 1 heterocycles. The van der Waals surface area contributed by atoms with Crippen LogP contribution in [-0.2, 0) is 0 Å². The number of hydrogen-bond acceptors (Lipinski definition) is 3. The SMILES string of the molecule is N=C1NC(=O)c2c(N)cccc21. The molecule has 0 bridgehead atoms. The van der Waals surface area contributed by atoms with Gasteiger partial charge in [0, 0.05) is 11.3 Å². The van der Waals surface area contributed by atoms with Gasteiger partial charge < -0.3 is 11.1 Å². The van der Waals surface area contributed by atoms with E-state index in [0.717, 1.165) is 0 Å². The van der Waals surface area contributed by atoms with Gasteiger partial charge in [-0.3, -0.25) is 10.2 Å². The number of nitrogens with one attached hydrogen (secondary N) is 2. The molecule has 0 aliphatic carbocycles. The summed E-state index contributed by atoms with van der Waals surface area (Å²) in [6.45, 7) is 0. The summed E-state index contributed by atoms with van der Waals surface area (Å²) in [7, 11) is 0. The van der Waals surface area contributed by atoms with Gasteiger partial charge in [-0.15, -0.1) is 0 Å². The van der Waals surface area contributed by atoms with E-state index < -0.39 is 0 Å². The van der Waals surface area contributed by atoms with E-state index in [-0.39, 0.29) is 11.7 Å². The molecule has 4 nitrogen and oxygen atoms in total. The Morgan fingerprint density at radius 2 is 2.17 bits per heavy atom. The third-order valence-corrected chi connectivity index (χ3v) is 1.83. The molecule has 4 heteroatoms. The van der Waals surface area contributed by atoms with Crippen molar-refractivity contribution >= 4 is 17.4 Å². The summed E-state index contributed by atoms with van der Waals surface area (Å²) < 4.78 is 0. The first kappa shape index (κ1) is 6.84. The predicted molar refractivity (Wildman–Crippen MR) is 45.1 cm³/mol. The molecule has 0 unspecified atom stereocenters. The molecule has 1 amide bonds. The molecule has 1 aliphatic rings. The van der Waals surface area contributed by atoms with Gasteiger partial charge >= 0.3 is 0 Å². The van der Waals surface area contributed by atoms with Crippen LogP contribution in [0.1, 0.15) is 15.9 Å². The number of amides is 1. The molecule has 2 rings (SSSR count). The zero-order chi connectivity index (χ0) is 8.72. The Morgan fingerprint density at radius 3 is 2.83 bits per heavy atom. The highest BCUT2D eigenvalue weighted by molar-refractivity contribution is 6.24. The number of rotatable bonds is 0. The molecule has 0 saturated carbocycles. The maximum absolute atomic E-state index is 11.2. The van der Waals surface area contributed by atoms with Crippen LogP contribution < -0.4 is 11.1 Å². The molecule has 0 spiro atoms. The summed E-state index contributed by atoms with van der Waals surface area (Å²) >= 11 is 0. The van der Waals surface area contributed by atoms with E-state index in [1.54, 1.807) is 18.2 Å². The molecular formula is C8H7N3O. The quantitative estimate of drug-likeness (QED) is 0.479. The van der Waals surface area contributed by atoms with Gasteiger partial charge in [-0.25, -0.2) is 0 Å². The van der Waals surface area contributed by atoms with Crippen LogP contribution in [0.3, 0.4) is 0 Å². The lowest BCUT2D eigenvalue weighted by molar-refractivity contribution is 0.0984. The summed E-state index contributed by atoms with van der Waals surface area (Å²) in [5, 5.41) is 9.76. The number of benzene rings is 1. The van der Waals surface area contributed by atoms with E-state index in [4.69, 9.17) is 11.1 Å². The van der Waals surface area contributed by atoms with Crippen molar-refractivity contribution in [2.75, 3.05) is 5.73 Å². The van der Waals surface area contributed by atoms with Gasteiger partial charge in [0.25, 0.3) is 5.91 Å². The van der Waals surface area contributed by atoms with E-state index in [1.807, 2.05) is 0 Å². The predicted octanol–water partition coefficient (Wildman–Crippen LogP) is 0.338. The molecule has 1 aliphatic heterocycles. The minimum atomic E-state index is -0.284. The van der Waals surface area contributed by atoms with Crippen molar-refractivity contribution in [2.24, 2.45) is 0 Å². The van der Waals surface area contributed by atoms with Crippen molar-refractivity contribution in [1.29, 1.82) is 5.41 Å². The fraction of sp³-hybridized carbons (Fsp3) is 0. The first-order valence-electron chi connectivity index (χ1n) is 3.49. The third kappa shape index (κ3) is 0.717. The second-order valence-electron chi connectivity index (χ2n) is 2.60. The van der Waals surface area contributed by atoms with E-state index in [2.05, 4.69) is 5.32 Å². The molecular weight excluding hydrogens is 154 g/mol. The molecule has 4 N–H and O–H groups in total. The average Bonchev–Trinajstić information content (AvgIpc) is 2.29. The van der Waals surface area contributed by atoms with Crippen LogP contribution in [0.2, 0.25) is 0 Å². The molecule has 1 aromatic rings. The van der Waals surface area contributed by atoms with Crippen molar-refractivity contribution in [1.82, 2.24) is 5.32 Å². The number of nitrogens with two attached hydrogens (primary N) is 1. The molecule has 1 aromatic carbocycles. The second kappa shape index (κ2) is 2.07. The Labute approximate surface area is 68.9 Å². The highest BCUT2D eigenvalue weighted by Crippen LogP contribution is 2.20. The van der Waals surface area contributed by atoms with Crippen LogP contribution in [0.15, 0.2) is 18.2 Å². The van der Waals surface area contributed by atoms with Gasteiger partial charge in [-0.2, -0.15) is 0 Å². The number of amidine groups is 1. The number of carbonyl (C=O) groups is 1. The largest absolute Gasteiger partial charge is 0.398 e.